The van der Waals surface area contributed by atoms with Crippen molar-refractivity contribution in [2.75, 3.05) is 0 Å². The lowest BCUT2D eigenvalue weighted by Crippen LogP contribution is -1.97. The molecule has 4 nitrogen and oxygen atoms in total. The average molecular weight is 228 g/mol. The van der Waals surface area contributed by atoms with Crippen molar-refractivity contribution < 1.29 is 9.90 Å². The van der Waals surface area contributed by atoms with Gasteiger partial charge in [0, 0.05) is 5.56 Å². The first-order valence-electron chi connectivity index (χ1n) is 5.22. The molecule has 0 atom stereocenters. The first kappa shape index (κ1) is 11.3. The molecule has 2 aromatic rings. The summed E-state index contributed by atoms with van der Waals surface area (Å²) in [5, 5.41) is 8.80. The largest absolute Gasteiger partial charge is 0.478 e. The van der Waals surface area contributed by atoms with Gasteiger partial charge >= 0.3 is 5.97 Å². The van der Waals surface area contributed by atoms with Crippen molar-refractivity contribution in [1.29, 1.82) is 0 Å². The molecular formula is C13H12N2O2. The van der Waals surface area contributed by atoms with Crippen molar-refractivity contribution in [3.8, 4) is 11.3 Å². The predicted octanol–water partition coefficient (Wildman–Crippen LogP) is 2.46. The molecule has 1 aromatic carbocycles. The van der Waals surface area contributed by atoms with Crippen molar-refractivity contribution in [2.24, 2.45) is 0 Å². The molecular weight excluding hydrogens is 216 g/mol. The number of aromatic carboxylic acids is 1. The number of aromatic nitrogens is 2. The van der Waals surface area contributed by atoms with E-state index in [0.29, 0.717) is 0 Å². The normalized spacial score (nSPS) is 10.2. The molecule has 1 aromatic heterocycles. The molecule has 86 valence electrons. The molecule has 0 aliphatic heterocycles. The Balaban J connectivity index is 2.39. The van der Waals surface area contributed by atoms with Crippen molar-refractivity contribution in [1.82, 2.24) is 9.97 Å². The summed E-state index contributed by atoms with van der Waals surface area (Å²) in [4.78, 5) is 19.4. The minimum Gasteiger partial charge on any atom is -0.478 e. The van der Waals surface area contributed by atoms with Gasteiger partial charge in [-0.1, -0.05) is 12.1 Å². The van der Waals surface area contributed by atoms with Crippen LogP contribution >= 0.6 is 0 Å². The molecule has 1 N–H and O–H groups in total. The van der Waals surface area contributed by atoms with E-state index in [1.807, 2.05) is 13.8 Å². The first-order chi connectivity index (χ1) is 8.08. The second-order valence-electron chi connectivity index (χ2n) is 3.81. The van der Waals surface area contributed by atoms with Crippen LogP contribution in [-0.2, 0) is 0 Å². The third-order valence-electron chi connectivity index (χ3n) is 2.62. The second kappa shape index (κ2) is 4.33. The third kappa shape index (κ3) is 2.30. The molecule has 0 spiro atoms. The van der Waals surface area contributed by atoms with E-state index in [2.05, 4.69) is 9.97 Å². The smallest absolute Gasteiger partial charge is 0.335 e. The van der Waals surface area contributed by atoms with Gasteiger partial charge in [0.05, 0.1) is 28.8 Å². The third-order valence-corrected chi connectivity index (χ3v) is 2.62. The van der Waals surface area contributed by atoms with Gasteiger partial charge in [-0.3, -0.25) is 4.98 Å². The fourth-order valence-corrected chi connectivity index (χ4v) is 1.46. The second-order valence-corrected chi connectivity index (χ2v) is 3.81. The molecule has 0 bridgehead atoms. The Morgan fingerprint density at radius 1 is 1.12 bits per heavy atom. The van der Waals surface area contributed by atoms with Crippen LogP contribution in [0.4, 0.5) is 0 Å². The minimum atomic E-state index is -0.928. The topological polar surface area (TPSA) is 63.1 Å². The van der Waals surface area contributed by atoms with Crippen LogP contribution in [0, 0.1) is 13.8 Å². The molecule has 0 aliphatic rings. The van der Waals surface area contributed by atoms with E-state index >= 15 is 0 Å². The van der Waals surface area contributed by atoms with Crippen LogP contribution in [0.1, 0.15) is 21.7 Å². The van der Waals surface area contributed by atoms with E-state index in [-0.39, 0.29) is 5.56 Å². The lowest BCUT2D eigenvalue weighted by molar-refractivity contribution is 0.0697. The number of hydrogen-bond donors (Lipinski definition) is 1. The fourth-order valence-electron chi connectivity index (χ4n) is 1.46. The summed E-state index contributed by atoms with van der Waals surface area (Å²) in [5.74, 6) is -0.928. The molecule has 0 fully saturated rings. The van der Waals surface area contributed by atoms with Gasteiger partial charge in [-0.15, -0.1) is 0 Å². The standard InChI is InChI=1S/C13H12N2O2/c1-8-9(2)15-12(7-14-8)10-3-5-11(6-4-10)13(16)17/h3-7H,1-2H3,(H,16,17). The van der Waals surface area contributed by atoms with Gasteiger partial charge in [-0.2, -0.15) is 0 Å². The van der Waals surface area contributed by atoms with E-state index in [4.69, 9.17) is 5.11 Å². The highest BCUT2D eigenvalue weighted by atomic mass is 16.4. The quantitative estimate of drug-likeness (QED) is 0.857. The molecule has 2 rings (SSSR count). The summed E-state index contributed by atoms with van der Waals surface area (Å²) in [6.45, 7) is 3.80. The molecule has 0 aliphatic carbocycles. The summed E-state index contributed by atoms with van der Waals surface area (Å²) in [7, 11) is 0. The number of carbonyl (C=O) groups is 1. The maximum atomic E-state index is 10.7. The van der Waals surface area contributed by atoms with E-state index < -0.39 is 5.97 Å². The molecule has 17 heavy (non-hydrogen) atoms. The molecule has 4 heteroatoms. The molecule has 0 radical (unpaired) electrons. The van der Waals surface area contributed by atoms with Crippen molar-refractivity contribution in [3.63, 3.8) is 0 Å². The van der Waals surface area contributed by atoms with E-state index in [9.17, 15) is 4.79 Å². The Morgan fingerprint density at radius 2 is 1.76 bits per heavy atom. The van der Waals surface area contributed by atoms with Crippen molar-refractivity contribution in [2.45, 2.75) is 13.8 Å². The molecule has 0 unspecified atom stereocenters. The van der Waals surface area contributed by atoms with Crippen LogP contribution in [0.5, 0.6) is 0 Å². The summed E-state index contributed by atoms with van der Waals surface area (Å²) in [6, 6.07) is 6.60. The zero-order valence-electron chi connectivity index (χ0n) is 9.64. The number of nitrogens with zero attached hydrogens (tertiary/aromatic N) is 2. The van der Waals surface area contributed by atoms with Crippen LogP contribution in [-0.4, -0.2) is 21.0 Å². The highest BCUT2D eigenvalue weighted by Gasteiger charge is 2.05. The van der Waals surface area contributed by atoms with Crippen molar-refractivity contribution in [3.05, 3.63) is 47.4 Å². The minimum absolute atomic E-state index is 0.269. The number of aryl methyl sites for hydroxylation is 2. The number of carboxylic acid groups (broad SMARTS) is 1. The average Bonchev–Trinajstić information content (AvgIpc) is 2.33. The molecule has 0 saturated heterocycles. The lowest BCUT2D eigenvalue weighted by atomic mass is 10.1. The predicted molar refractivity (Wildman–Crippen MR) is 63.9 cm³/mol. The van der Waals surface area contributed by atoms with Crippen LogP contribution < -0.4 is 0 Å². The number of hydrogen-bond acceptors (Lipinski definition) is 3. The summed E-state index contributed by atoms with van der Waals surface area (Å²) < 4.78 is 0. The van der Waals surface area contributed by atoms with Crippen molar-refractivity contribution >= 4 is 5.97 Å². The molecule has 0 amide bonds. The first-order valence-corrected chi connectivity index (χ1v) is 5.22. The van der Waals surface area contributed by atoms with Gasteiger partial charge in [-0.25, -0.2) is 9.78 Å². The molecule has 0 saturated carbocycles. The van der Waals surface area contributed by atoms with Crippen LogP contribution in [0.3, 0.4) is 0 Å². The SMILES string of the molecule is Cc1ncc(-c2ccc(C(=O)O)cc2)nc1C. The van der Waals surface area contributed by atoms with E-state index in [0.717, 1.165) is 22.6 Å². The Bertz CT molecular complexity index is 562. The number of rotatable bonds is 2. The van der Waals surface area contributed by atoms with Gasteiger partial charge in [-0.05, 0) is 26.0 Å². The Kier molecular flexibility index (Phi) is 2.87. The lowest BCUT2D eigenvalue weighted by Gasteiger charge is -2.04. The number of benzene rings is 1. The Labute approximate surface area is 99.0 Å². The maximum absolute atomic E-state index is 10.7. The highest BCUT2D eigenvalue weighted by molar-refractivity contribution is 5.88. The summed E-state index contributed by atoms with van der Waals surface area (Å²) >= 11 is 0. The fraction of sp³-hybridized carbons (Fsp3) is 0.154. The van der Waals surface area contributed by atoms with E-state index in [1.165, 1.54) is 0 Å². The number of carboxylic acids is 1. The van der Waals surface area contributed by atoms with Crippen LogP contribution in [0.15, 0.2) is 30.5 Å². The van der Waals surface area contributed by atoms with Gasteiger partial charge in [0.25, 0.3) is 0 Å². The zero-order valence-corrected chi connectivity index (χ0v) is 9.64. The Morgan fingerprint density at radius 3 is 2.29 bits per heavy atom. The summed E-state index contributed by atoms with van der Waals surface area (Å²) in [5.41, 5.74) is 3.67. The monoisotopic (exact) mass is 228 g/mol. The molecule has 1 heterocycles. The van der Waals surface area contributed by atoms with Crippen LogP contribution in [0.25, 0.3) is 11.3 Å². The maximum Gasteiger partial charge on any atom is 0.335 e. The zero-order chi connectivity index (χ0) is 12.4. The van der Waals surface area contributed by atoms with E-state index in [1.54, 1.807) is 30.5 Å². The van der Waals surface area contributed by atoms with Gasteiger partial charge in [0.2, 0.25) is 0 Å². The van der Waals surface area contributed by atoms with Crippen LogP contribution in [0.2, 0.25) is 0 Å². The summed E-state index contributed by atoms with van der Waals surface area (Å²) in [6.07, 6.45) is 1.69. The van der Waals surface area contributed by atoms with Gasteiger partial charge < -0.3 is 5.11 Å². The van der Waals surface area contributed by atoms with Gasteiger partial charge in [0.1, 0.15) is 0 Å². The van der Waals surface area contributed by atoms with Gasteiger partial charge in [0.15, 0.2) is 0 Å². The Hall–Kier alpha value is -2.23. The highest BCUT2D eigenvalue weighted by Crippen LogP contribution is 2.17.